The molecule has 2 fully saturated rings. The number of aromatic nitrogens is 5. The molecule has 0 amide bonds. The smallest absolute Gasteiger partial charge is 0.253 e. The van der Waals surface area contributed by atoms with Gasteiger partial charge in [-0.15, -0.1) is 10.2 Å². The number of aromatic amines is 1. The van der Waals surface area contributed by atoms with Gasteiger partial charge in [0, 0.05) is 24.2 Å². The van der Waals surface area contributed by atoms with E-state index in [1.807, 2.05) is 12.3 Å². The predicted molar refractivity (Wildman–Crippen MR) is 114 cm³/mol. The minimum Gasteiger partial charge on any atom is -0.377 e. The van der Waals surface area contributed by atoms with Crippen LogP contribution in [0.25, 0.3) is 16.8 Å². The molecule has 2 aliphatic rings. The molecule has 0 saturated heterocycles. The minimum absolute atomic E-state index is 0.124. The molecule has 2 saturated carbocycles. The van der Waals surface area contributed by atoms with Gasteiger partial charge in [0.05, 0.1) is 11.7 Å². The van der Waals surface area contributed by atoms with Crippen LogP contribution in [0.2, 0.25) is 0 Å². The van der Waals surface area contributed by atoms with Gasteiger partial charge in [0.25, 0.3) is 10.9 Å². The molecule has 0 aliphatic heterocycles. The molecule has 4 aromatic rings. The van der Waals surface area contributed by atoms with Crippen molar-refractivity contribution in [1.29, 1.82) is 0 Å². The lowest BCUT2D eigenvalue weighted by Crippen LogP contribution is -2.39. The first-order chi connectivity index (χ1) is 14.6. The molecule has 9 nitrogen and oxygen atoms in total. The van der Waals surface area contributed by atoms with Crippen LogP contribution in [0.4, 0.5) is 11.4 Å². The molecule has 6 rings (SSSR count). The molecule has 3 heterocycles. The number of H-pyrrole nitrogens is 1. The van der Waals surface area contributed by atoms with Gasteiger partial charge in [0.15, 0.2) is 11.3 Å². The van der Waals surface area contributed by atoms with E-state index < -0.39 is 10.9 Å². The van der Waals surface area contributed by atoms with E-state index in [4.69, 9.17) is 0 Å². The fraction of sp³-hybridized carbons (Fsp3) is 0.476. The number of rotatable bonds is 6. The number of fused-ring (bicyclic) bond motifs is 3. The molecule has 30 heavy (non-hydrogen) atoms. The van der Waals surface area contributed by atoms with E-state index in [0.29, 0.717) is 23.3 Å². The number of nitrogens with zero attached hydrogens (tertiary/aromatic N) is 4. The Balaban J connectivity index is 1.31. The van der Waals surface area contributed by atoms with Crippen molar-refractivity contribution in [3.05, 3.63) is 44.7 Å². The summed E-state index contributed by atoms with van der Waals surface area (Å²) in [5.74, 6) is 1.58. The second-order valence-electron chi connectivity index (χ2n) is 8.64. The van der Waals surface area contributed by atoms with Gasteiger partial charge in [-0.25, -0.2) is 4.98 Å². The second kappa shape index (κ2) is 6.38. The number of hydrogen-bond donors (Lipinski definition) is 3. The van der Waals surface area contributed by atoms with E-state index in [-0.39, 0.29) is 12.0 Å². The molecule has 3 N–H and O–H groups in total. The molecule has 0 radical (unpaired) electrons. The van der Waals surface area contributed by atoms with Crippen molar-refractivity contribution in [1.82, 2.24) is 24.6 Å². The second-order valence-corrected chi connectivity index (χ2v) is 8.64. The van der Waals surface area contributed by atoms with Crippen LogP contribution < -0.4 is 21.5 Å². The molecule has 0 unspecified atom stereocenters. The summed E-state index contributed by atoms with van der Waals surface area (Å²) >= 11 is 0. The van der Waals surface area contributed by atoms with Crippen LogP contribution >= 0.6 is 0 Å². The first kappa shape index (κ1) is 17.6. The SMILES string of the molecule is CC[C@@H]1C[C@H](Nc2c(NC3CC3)c(=O)c2=O)C[C@@H]1c1nnc2cnc3[nH]ccc3n12. The van der Waals surface area contributed by atoms with Gasteiger partial charge in [-0.05, 0) is 37.7 Å². The highest BCUT2D eigenvalue weighted by atomic mass is 16.2. The number of nitrogens with one attached hydrogen (secondary N) is 3. The number of hydrogen-bond acceptors (Lipinski definition) is 7. The Bertz CT molecular complexity index is 1320. The Kier molecular flexibility index (Phi) is 3.75. The quantitative estimate of drug-likeness (QED) is 0.421. The molecular formula is C21H23N7O2. The Hall–Kier alpha value is -3.23. The highest BCUT2D eigenvalue weighted by Crippen LogP contribution is 2.42. The average molecular weight is 405 g/mol. The van der Waals surface area contributed by atoms with Crippen LogP contribution in [0, 0.1) is 5.92 Å². The van der Waals surface area contributed by atoms with Gasteiger partial charge in [-0.1, -0.05) is 13.3 Å². The zero-order valence-electron chi connectivity index (χ0n) is 16.7. The fourth-order valence-electron chi connectivity index (χ4n) is 4.95. The first-order valence-electron chi connectivity index (χ1n) is 10.7. The minimum atomic E-state index is -0.400. The first-order valence-corrected chi connectivity index (χ1v) is 10.7. The van der Waals surface area contributed by atoms with E-state index in [2.05, 4.69) is 42.1 Å². The molecule has 154 valence electrons. The Morgan fingerprint density at radius 2 is 1.87 bits per heavy atom. The monoisotopic (exact) mass is 405 g/mol. The Labute approximate surface area is 171 Å². The average Bonchev–Trinajstić information content (AvgIpc) is 3.15. The predicted octanol–water partition coefficient (Wildman–Crippen LogP) is 2.16. The van der Waals surface area contributed by atoms with Crippen LogP contribution in [0.1, 0.15) is 50.8 Å². The summed E-state index contributed by atoms with van der Waals surface area (Å²) in [6.45, 7) is 2.19. The summed E-state index contributed by atoms with van der Waals surface area (Å²) < 4.78 is 2.09. The third kappa shape index (κ3) is 2.57. The normalized spacial score (nSPS) is 24.2. The molecule has 9 heteroatoms. The summed E-state index contributed by atoms with van der Waals surface area (Å²) in [4.78, 5) is 31.7. The van der Waals surface area contributed by atoms with E-state index in [9.17, 15) is 9.59 Å². The highest BCUT2D eigenvalue weighted by molar-refractivity contribution is 5.75. The van der Waals surface area contributed by atoms with Gasteiger partial charge >= 0.3 is 0 Å². The van der Waals surface area contributed by atoms with Crippen molar-refractivity contribution in [2.24, 2.45) is 5.92 Å². The van der Waals surface area contributed by atoms with E-state index in [0.717, 1.165) is 54.7 Å². The summed E-state index contributed by atoms with van der Waals surface area (Å²) in [5, 5.41) is 15.5. The van der Waals surface area contributed by atoms with Crippen LogP contribution in [0.15, 0.2) is 28.0 Å². The molecular weight excluding hydrogens is 382 g/mol. The largest absolute Gasteiger partial charge is 0.377 e. The van der Waals surface area contributed by atoms with Crippen molar-refractivity contribution in [3.63, 3.8) is 0 Å². The van der Waals surface area contributed by atoms with Gasteiger partial charge < -0.3 is 15.6 Å². The van der Waals surface area contributed by atoms with Crippen molar-refractivity contribution >= 4 is 28.2 Å². The topological polar surface area (TPSA) is 117 Å². The van der Waals surface area contributed by atoms with Gasteiger partial charge in [-0.2, -0.15) is 0 Å². The van der Waals surface area contributed by atoms with Crippen LogP contribution in [0.3, 0.4) is 0 Å². The van der Waals surface area contributed by atoms with Crippen LogP contribution in [-0.2, 0) is 0 Å². The highest BCUT2D eigenvalue weighted by Gasteiger charge is 2.39. The van der Waals surface area contributed by atoms with E-state index in [1.165, 1.54) is 0 Å². The van der Waals surface area contributed by atoms with E-state index in [1.54, 1.807) is 6.20 Å². The maximum Gasteiger partial charge on any atom is 0.253 e. The van der Waals surface area contributed by atoms with Gasteiger partial charge in [-0.3, -0.25) is 14.0 Å². The summed E-state index contributed by atoms with van der Waals surface area (Å²) in [5.41, 5.74) is 2.67. The summed E-state index contributed by atoms with van der Waals surface area (Å²) in [6.07, 6.45) is 8.51. The molecule has 3 atom stereocenters. The van der Waals surface area contributed by atoms with Crippen LogP contribution in [0.5, 0.6) is 0 Å². The molecule has 2 aliphatic carbocycles. The summed E-state index contributed by atoms with van der Waals surface area (Å²) in [7, 11) is 0. The third-order valence-electron chi connectivity index (χ3n) is 6.70. The number of anilines is 2. The van der Waals surface area contributed by atoms with Crippen molar-refractivity contribution in [2.45, 2.75) is 57.0 Å². The van der Waals surface area contributed by atoms with Crippen molar-refractivity contribution in [3.8, 4) is 0 Å². The van der Waals surface area contributed by atoms with E-state index >= 15 is 0 Å². The van der Waals surface area contributed by atoms with Crippen molar-refractivity contribution < 1.29 is 0 Å². The van der Waals surface area contributed by atoms with Gasteiger partial charge in [0.2, 0.25) is 0 Å². The zero-order chi connectivity index (χ0) is 20.4. The summed E-state index contributed by atoms with van der Waals surface area (Å²) in [6, 6.07) is 2.46. The molecule has 3 aromatic heterocycles. The molecule has 0 spiro atoms. The van der Waals surface area contributed by atoms with Gasteiger partial charge in [0.1, 0.15) is 17.2 Å². The Morgan fingerprint density at radius 3 is 2.60 bits per heavy atom. The zero-order valence-corrected chi connectivity index (χ0v) is 16.7. The van der Waals surface area contributed by atoms with Crippen LogP contribution in [-0.4, -0.2) is 36.6 Å². The Morgan fingerprint density at radius 1 is 1.10 bits per heavy atom. The maximum absolute atomic E-state index is 12.2. The maximum atomic E-state index is 12.2. The lowest BCUT2D eigenvalue weighted by molar-refractivity contribution is 0.451. The lowest BCUT2D eigenvalue weighted by Gasteiger charge is -2.19. The van der Waals surface area contributed by atoms with Crippen molar-refractivity contribution in [2.75, 3.05) is 10.6 Å². The molecule has 0 bridgehead atoms. The molecule has 1 aromatic carbocycles. The standard InChI is InChI=1S/C21H23N7O2/c1-2-10-7-12(25-17-16(18(29)19(17)30)24-11-3-4-11)8-13(10)21-27-26-15-9-23-20-14(28(15)21)5-6-22-20/h5-6,9-13,22,24-25H,2-4,7-8H2,1H3/t10-,12+,13+/m1/s1. The fourth-order valence-corrected chi connectivity index (χ4v) is 4.95. The lowest BCUT2D eigenvalue weighted by atomic mass is 9.93. The third-order valence-corrected chi connectivity index (χ3v) is 6.70.